The van der Waals surface area contributed by atoms with Crippen molar-refractivity contribution >= 4 is 17.7 Å². The molecule has 1 unspecified atom stereocenters. The van der Waals surface area contributed by atoms with Crippen LogP contribution in [-0.4, -0.2) is 33.5 Å². The lowest BCUT2D eigenvalue weighted by Crippen LogP contribution is -2.44. The van der Waals surface area contributed by atoms with Gasteiger partial charge in [0, 0.05) is 6.20 Å². The van der Waals surface area contributed by atoms with Crippen molar-refractivity contribution < 1.29 is 14.7 Å². The van der Waals surface area contributed by atoms with Gasteiger partial charge in [-0.05, 0) is 19.1 Å². The maximum atomic E-state index is 11.6. The SMILES string of the molecule is CC1c2ncccc2NC(=O)N1CC(=O)O. The maximum Gasteiger partial charge on any atom is 0.323 e. The van der Waals surface area contributed by atoms with Crippen molar-refractivity contribution in [2.24, 2.45) is 0 Å². The van der Waals surface area contributed by atoms with Crippen molar-refractivity contribution in [1.29, 1.82) is 0 Å². The fourth-order valence-electron chi connectivity index (χ4n) is 1.72. The van der Waals surface area contributed by atoms with Crippen LogP contribution in [0.1, 0.15) is 18.7 Å². The number of carbonyl (C=O) groups excluding carboxylic acids is 1. The molecule has 1 aliphatic heterocycles. The third-order valence-electron chi connectivity index (χ3n) is 2.51. The van der Waals surface area contributed by atoms with Gasteiger partial charge in [0.2, 0.25) is 0 Å². The van der Waals surface area contributed by atoms with Gasteiger partial charge < -0.3 is 15.3 Å². The van der Waals surface area contributed by atoms with E-state index >= 15 is 0 Å². The Morgan fingerprint density at radius 1 is 1.69 bits per heavy atom. The number of aliphatic carboxylic acids is 1. The van der Waals surface area contributed by atoms with E-state index < -0.39 is 12.0 Å². The summed E-state index contributed by atoms with van der Waals surface area (Å²) >= 11 is 0. The molecule has 1 aliphatic rings. The Balaban J connectivity index is 2.34. The van der Waals surface area contributed by atoms with Crippen molar-refractivity contribution in [3.63, 3.8) is 0 Å². The maximum absolute atomic E-state index is 11.6. The minimum Gasteiger partial charge on any atom is -0.480 e. The monoisotopic (exact) mass is 221 g/mol. The van der Waals surface area contributed by atoms with Crippen LogP contribution in [0, 0.1) is 0 Å². The molecule has 0 saturated heterocycles. The smallest absolute Gasteiger partial charge is 0.323 e. The largest absolute Gasteiger partial charge is 0.480 e. The third-order valence-corrected chi connectivity index (χ3v) is 2.51. The normalized spacial score (nSPS) is 18.9. The minimum absolute atomic E-state index is 0.330. The number of pyridine rings is 1. The number of nitrogens with one attached hydrogen (secondary N) is 1. The lowest BCUT2D eigenvalue weighted by molar-refractivity contribution is -0.138. The molecule has 2 amide bonds. The van der Waals surface area contributed by atoms with Crippen molar-refractivity contribution in [2.45, 2.75) is 13.0 Å². The van der Waals surface area contributed by atoms with Gasteiger partial charge in [0.05, 0.1) is 17.4 Å². The number of carboxylic acids is 1. The molecule has 0 bridgehead atoms. The molecule has 0 radical (unpaired) electrons. The zero-order valence-electron chi connectivity index (χ0n) is 8.67. The van der Waals surface area contributed by atoms with E-state index in [1.165, 1.54) is 4.90 Å². The van der Waals surface area contributed by atoms with E-state index in [9.17, 15) is 9.59 Å². The number of urea groups is 1. The molecule has 16 heavy (non-hydrogen) atoms. The molecule has 84 valence electrons. The van der Waals surface area contributed by atoms with Crippen LogP contribution in [0.3, 0.4) is 0 Å². The summed E-state index contributed by atoms with van der Waals surface area (Å²) in [5.74, 6) is -1.04. The second-order valence-electron chi connectivity index (χ2n) is 3.56. The van der Waals surface area contributed by atoms with Gasteiger partial charge in [-0.3, -0.25) is 9.78 Å². The van der Waals surface area contributed by atoms with Crippen molar-refractivity contribution in [1.82, 2.24) is 9.88 Å². The molecule has 0 fully saturated rings. The molecule has 1 aromatic rings. The van der Waals surface area contributed by atoms with Gasteiger partial charge in [-0.15, -0.1) is 0 Å². The molecule has 0 saturated carbocycles. The number of carboxylic acid groups (broad SMARTS) is 1. The Hall–Kier alpha value is -2.11. The number of fused-ring (bicyclic) bond motifs is 1. The zero-order chi connectivity index (χ0) is 11.7. The first-order valence-corrected chi connectivity index (χ1v) is 4.84. The van der Waals surface area contributed by atoms with Crippen LogP contribution in [0.25, 0.3) is 0 Å². The molecule has 2 rings (SSSR count). The Kier molecular flexibility index (Phi) is 2.47. The third kappa shape index (κ3) is 1.69. The first kappa shape index (κ1) is 10.4. The Labute approximate surface area is 91.9 Å². The molecular formula is C10H11N3O3. The zero-order valence-corrected chi connectivity index (χ0v) is 8.67. The molecule has 6 nitrogen and oxygen atoms in total. The van der Waals surface area contributed by atoms with Crippen LogP contribution in [0.4, 0.5) is 10.5 Å². The van der Waals surface area contributed by atoms with Crippen LogP contribution in [0.5, 0.6) is 0 Å². The van der Waals surface area contributed by atoms with E-state index in [0.717, 1.165) is 0 Å². The summed E-state index contributed by atoms with van der Waals surface area (Å²) in [6, 6.07) is 2.73. The minimum atomic E-state index is -1.04. The summed E-state index contributed by atoms with van der Waals surface area (Å²) in [5.41, 5.74) is 1.32. The van der Waals surface area contributed by atoms with E-state index in [-0.39, 0.29) is 12.6 Å². The first-order valence-electron chi connectivity index (χ1n) is 4.84. The summed E-state index contributed by atoms with van der Waals surface area (Å²) in [6.45, 7) is 1.43. The molecule has 6 heteroatoms. The van der Waals surface area contributed by atoms with Gasteiger partial charge in [-0.2, -0.15) is 0 Å². The van der Waals surface area contributed by atoms with Crippen LogP contribution in [0.15, 0.2) is 18.3 Å². The van der Waals surface area contributed by atoms with E-state index in [4.69, 9.17) is 5.11 Å². The Morgan fingerprint density at radius 3 is 3.12 bits per heavy atom. The molecule has 0 spiro atoms. The topological polar surface area (TPSA) is 82.5 Å². The van der Waals surface area contributed by atoms with Gasteiger partial charge in [0.25, 0.3) is 0 Å². The average Bonchev–Trinajstić information content (AvgIpc) is 2.24. The molecule has 0 aromatic carbocycles. The summed E-state index contributed by atoms with van der Waals surface area (Å²) in [5, 5.41) is 11.3. The summed E-state index contributed by atoms with van der Waals surface area (Å²) < 4.78 is 0. The highest BCUT2D eigenvalue weighted by molar-refractivity contribution is 5.94. The number of hydrogen-bond acceptors (Lipinski definition) is 3. The number of amides is 2. The van der Waals surface area contributed by atoms with Crippen LogP contribution in [0.2, 0.25) is 0 Å². The van der Waals surface area contributed by atoms with Gasteiger partial charge in [-0.25, -0.2) is 4.79 Å². The van der Waals surface area contributed by atoms with E-state index in [2.05, 4.69) is 10.3 Å². The van der Waals surface area contributed by atoms with Crippen molar-refractivity contribution in [3.05, 3.63) is 24.0 Å². The summed E-state index contributed by atoms with van der Waals surface area (Å²) in [7, 11) is 0. The predicted molar refractivity (Wildman–Crippen MR) is 56.0 cm³/mol. The predicted octanol–water partition coefficient (Wildman–Crippen LogP) is 1.07. The second kappa shape index (κ2) is 3.80. The van der Waals surface area contributed by atoms with Gasteiger partial charge in [0.15, 0.2) is 0 Å². The van der Waals surface area contributed by atoms with Crippen molar-refractivity contribution in [3.8, 4) is 0 Å². The van der Waals surface area contributed by atoms with Gasteiger partial charge >= 0.3 is 12.0 Å². The van der Waals surface area contributed by atoms with Crippen LogP contribution < -0.4 is 5.32 Å². The number of rotatable bonds is 2. The fraction of sp³-hybridized carbons (Fsp3) is 0.300. The average molecular weight is 221 g/mol. The van der Waals surface area contributed by atoms with E-state index in [1.54, 1.807) is 25.3 Å². The van der Waals surface area contributed by atoms with Crippen LogP contribution in [-0.2, 0) is 4.79 Å². The van der Waals surface area contributed by atoms with Gasteiger partial charge in [0.1, 0.15) is 6.54 Å². The number of aromatic nitrogens is 1. The highest BCUT2D eigenvalue weighted by Crippen LogP contribution is 2.29. The summed E-state index contributed by atoms with van der Waals surface area (Å²) in [4.78, 5) is 27.6. The number of anilines is 1. The first-order chi connectivity index (χ1) is 7.59. The molecule has 1 atom stereocenters. The lowest BCUT2D eigenvalue weighted by atomic mass is 10.1. The Morgan fingerprint density at radius 2 is 2.44 bits per heavy atom. The molecule has 2 N–H and O–H groups in total. The number of carbonyl (C=O) groups is 2. The number of hydrogen-bond donors (Lipinski definition) is 2. The van der Waals surface area contributed by atoms with Crippen molar-refractivity contribution in [2.75, 3.05) is 11.9 Å². The molecule has 2 heterocycles. The quantitative estimate of drug-likeness (QED) is 0.782. The van der Waals surface area contributed by atoms with Gasteiger partial charge in [-0.1, -0.05) is 0 Å². The second-order valence-corrected chi connectivity index (χ2v) is 3.56. The lowest BCUT2D eigenvalue weighted by Gasteiger charge is -2.33. The standard InChI is InChI=1S/C10H11N3O3/c1-6-9-7(3-2-4-11-9)12-10(16)13(6)5-8(14)15/h2-4,6H,5H2,1H3,(H,12,16)(H,14,15). The van der Waals surface area contributed by atoms with E-state index in [0.29, 0.717) is 11.4 Å². The highest BCUT2D eigenvalue weighted by Gasteiger charge is 2.31. The summed E-state index contributed by atoms with van der Waals surface area (Å²) in [6.07, 6.45) is 1.62. The molecule has 0 aliphatic carbocycles. The Bertz CT molecular complexity index is 447. The van der Waals surface area contributed by atoms with Crippen LogP contribution >= 0.6 is 0 Å². The molecular weight excluding hydrogens is 210 g/mol. The fourth-order valence-corrected chi connectivity index (χ4v) is 1.72. The number of nitrogens with zero attached hydrogens (tertiary/aromatic N) is 2. The highest BCUT2D eigenvalue weighted by atomic mass is 16.4. The van der Waals surface area contributed by atoms with E-state index in [1.807, 2.05) is 0 Å². The molecule has 1 aromatic heterocycles.